The summed E-state index contributed by atoms with van der Waals surface area (Å²) in [5.41, 5.74) is 1.22. The molecule has 2 heterocycles. The minimum absolute atomic E-state index is 0.0962. The van der Waals surface area contributed by atoms with Crippen molar-refractivity contribution in [1.82, 2.24) is 14.8 Å². The van der Waals surface area contributed by atoms with E-state index < -0.39 is 10.9 Å². The van der Waals surface area contributed by atoms with Gasteiger partial charge in [-0.3, -0.25) is 10.1 Å². The number of aromatic nitrogens is 3. The van der Waals surface area contributed by atoms with Crippen molar-refractivity contribution in [3.63, 3.8) is 0 Å². The molecule has 9 nitrogen and oxygen atoms in total. The molecule has 0 unspecified atom stereocenters. The molecule has 0 atom stereocenters. The van der Waals surface area contributed by atoms with Crippen molar-refractivity contribution in [3.05, 3.63) is 58.0 Å². The number of aryl methyl sites for hydroxylation is 1. The van der Waals surface area contributed by atoms with Gasteiger partial charge in [-0.2, -0.15) is 0 Å². The highest BCUT2D eigenvalue weighted by Crippen LogP contribution is 2.36. The number of carbonyl (C=O) groups is 1. The van der Waals surface area contributed by atoms with Crippen LogP contribution in [-0.4, -0.2) is 32.8 Å². The second-order valence-corrected chi connectivity index (χ2v) is 6.71. The lowest BCUT2D eigenvalue weighted by atomic mass is 10.2. The number of benzene rings is 1. The second-order valence-electron chi connectivity index (χ2n) is 5.70. The summed E-state index contributed by atoms with van der Waals surface area (Å²) in [4.78, 5) is 22.6. The van der Waals surface area contributed by atoms with Gasteiger partial charge in [0.1, 0.15) is 5.76 Å². The Hall–Kier alpha value is -3.40. The van der Waals surface area contributed by atoms with Gasteiger partial charge in [0.05, 0.1) is 28.8 Å². The van der Waals surface area contributed by atoms with E-state index in [1.807, 2.05) is 6.92 Å². The lowest BCUT2D eigenvalue weighted by Crippen LogP contribution is -1.97. The molecule has 2 aromatic heterocycles. The van der Waals surface area contributed by atoms with Crippen LogP contribution in [0.3, 0.4) is 0 Å². The van der Waals surface area contributed by atoms with Gasteiger partial charge in [0.25, 0.3) is 5.69 Å². The van der Waals surface area contributed by atoms with Gasteiger partial charge in [0.15, 0.2) is 11.0 Å². The van der Waals surface area contributed by atoms with Crippen LogP contribution >= 0.6 is 11.8 Å². The molecule has 28 heavy (non-hydrogen) atoms. The van der Waals surface area contributed by atoms with Gasteiger partial charge in [-0.05, 0) is 42.5 Å². The Labute approximate surface area is 164 Å². The van der Waals surface area contributed by atoms with E-state index in [9.17, 15) is 14.9 Å². The lowest BCUT2D eigenvalue weighted by molar-refractivity contribution is -0.387. The average Bonchev–Trinajstić information content (AvgIpc) is 3.25. The number of hydrogen-bond donors (Lipinski definition) is 0. The van der Waals surface area contributed by atoms with Crippen LogP contribution in [0, 0.1) is 17.0 Å². The van der Waals surface area contributed by atoms with Gasteiger partial charge >= 0.3 is 5.97 Å². The summed E-state index contributed by atoms with van der Waals surface area (Å²) in [7, 11) is 3.04. The number of ether oxygens (including phenoxy) is 1. The van der Waals surface area contributed by atoms with Crippen LogP contribution in [0.5, 0.6) is 0 Å². The number of nitrogens with zero attached hydrogens (tertiary/aromatic N) is 4. The summed E-state index contributed by atoms with van der Waals surface area (Å²) in [6.45, 7) is 1.82. The molecule has 0 saturated carbocycles. The Bertz CT molecular complexity index is 1070. The molecular formula is C18H16N4O5S. The molecular weight excluding hydrogens is 384 g/mol. The Balaban J connectivity index is 1.91. The highest BCUT2D eigenvalue weighted by Gasteiger charge is 2.20. The highest BCUT2D eigenvalue weighted by atomic mass is 32.2. The number of furan rings is 1. The largest absolute Gasteiger partial charge is 0.469 e. The van der Waals surface area contributed by atoms with E-state index in [0.717, 1.165) is 17.3 Å². The summed E-state index contributed by atoms with van der Waals surface area (Å²) < 4.78 is 11.6. The molecule has 144 valence electrons. The van der Waals surface area contributed by atoms with E-state index in [1.165, 1.54) is 25.3 Å². The topological polar surface area (TPSA) is 113 Å². The van der Waals surface area contributed by atoms with Crippen LogP contribution in [0.2, 0.25) is 0 Å². The van der Waals surface area contributed by atoms with Crippen LogP contribution in [0.15, 0.2) is 51.1 Å². The van der Waals surface area contributed by atoms with E-state index in [2.05, 4.69) is 14.9 Å². The molecule has 0 saturated heterocycles. The molecule has 3 rings (SSSR count). The molecule has 3 aromatic rings. The van der Waals surface area contributed by atoms with Crippen LogP contribution < -0.4 is 0 Å². The summed E-state index contributed by atoms with van der Waals surface area (Å²) in [6, 6.07) is 6.46. The van der Waals surface area contributed by atoms with Crippen molar-refractivity contribution < 1.29 is 18.9 Å². The molecule has 0 spiro atoms. The number of hydrogen-bond acceptors (Lipinski definition) is 8. The van der Waals surface area contributed by atoms with Crippen molar-refractivity contribution in [3.8, 4) is 11.4 Å². The number of esters is 1. The van der Waals surface area contributed by atoms with Crippen molar-refractivity contribution in [2.75, 3.05) is 7.11 Å². The number of carbonyl (C=O) groups excluding carboxylic acids is 1. The number of methoxy groups -OCH3 is 1. The molecule has 0 aliphatic rings. The SMILES string of the molecule is COC(=O)/C=C/c1ccc(Sc2nnc(-c3ccoc3C)n2C)c([N+](=O)[O-])c1. The van der Waals surface area contributed by atoms with Gasteiger partial charge in [0.2, 0.25) is 0 Å². The fraction of sp³-hybridized carbons (Fsp3) is 0.167. The first-order chi connectivity index (χ1) is 13.4. The molecule has 0 fully saturated rings. The third kappa shape index (κ3) is 3.96. The van der Waals surface area contributed by atoms with E-state index >= 15 is 0 Å². The first-order valence-corrected chi connectivity index (χ1v) is 8.88. The van der Waals surface area contributed by atoms with Crippen molar-refractivity contribution in [1.29, 1.82) is 0 Å². The Kier molecular flexibility index (Phi) is 5.59. The van der Waals surface area contributed by atoms with E-state index in [1.54, 1.807) is 36.1 Å². The van der Waals surface area contributed by atoms with E-state index in [0.29, 0.717) is 27.2 Å². The second kappa shape index (κ2) is 8.09. The molecule has 1 aromatic carbocycles. The zero-order chi connectivity index (χ0) is 20.3. The molecule has 0 N–H and O–H groups in total. The van der Waals surface area contributed by atoms with E-state index in [4.69, 9.17) is 4.42 Å². The monoisotopic (exact) mass is 400 g/mol. The Morgan fingerprint density at radius 1 is 1.36 bits per heavy atom. The lowest BCUT2D eigenvalue weighted by Gasteiger charge is -2.05. The first kappa shape index (κ1) is 19.4. The third-order valence-electron chi connectivity index (χ3n) is 3.93. The van der Waals surface area contributed by atoms with Gasteiger partial charge < -0.3 is 13.7 Å². The third-order valence-corrected chi connectivity index (χ3v) is 5.03. The number of rotatable bonds is 6. The normalized spacial score (nSPS) is 11.1. The van der Waals surface area contributed by atoms with Crippen LogP contribution in [0.4, 0.5) is 5.69 Å². The molecule has 0 aliphatic carbocycles. The summed E-state index contributed by atoms with van der Waals surface area (Å²) in [5, 5.41) is 20.3. The molecule has 0 radical (unpaired) electrons. The standard InChI is InChI=1S/C18H16N4O5S/c1-11-13(8-9-27-11)17-19-20-18(21(17)2)28-15-6-4-12(5-7-16(23)26-3)10-14(15)22(24)25/h4-10H,1-3H3/b7-5+. The van der Waals surface area contributed by atoms with Gasteiger partial charge in [-0.25, -0.2) is 4.79 Å². The molecule has 10 heteroatoms. The van der Waals surface area contributed by atoms with Crippen LogP contribution in [0.1, 0.15) is 11.3 Å². The van der Waals surface area contributed by atoms with Gasteiger partial charge in [0, 0.05) is 19.2 Å². The predicted octanol–water partition coefficient (Wildman–Crippen LogP) is 3.63. The van der Waals surface area contributed by atoms with Gasteiger partial charge in [-0.1, -0.05) is 6.07 Å². The van der Waals surface area contributed by atoms with E-state index in [-0.39, 0.29) is 5.69 Å². The summed E-state index contributed by atoms with van der Waals surface area (Å²) in [5.74, 6) is 0.774. The highest BCUT2D eigenvalue weighted by molar-refractivity contribution is 7.99. The zero-order valence-corrected chi connectivity index (χ0v) is 16.1. The minimum atomic E-state index is -0.540. The quantitative estimate of drug-likeness (QED) is 0.267. The maximum absolute atomic E-state index is 11.5. The smallest absolute Gasteiger partial charge is 0.330 e. The summed E-state index contributed by atoms with van der Waals surface area (Å²) in [6.07, 6.45) is 4.22. The zero-order valence-electron chi connectivity index (χ0n) is 15.3. The maximum atomic E-state index is 11.5. The fourth-order valence-electron chi connectivity index (χ4n) is 2.45. The van der Waals surface area contributed by atoms with Crippen molar-refractivity contribution in [2.24, 2.45) is 7.05 Å². The predicted molar refractivity (Wildman–Crippen MR) is 102 cm³/mol. The first-order valence-electron chi connectivity index (χ1n) is 8.07. The molecule has 0 bridgehead atoms. The number of nitro groups is 1. The van der Waals surface area contributed by atoms with Crippen LogP contribution in [0.25, 0.3) is 17.5 Å². The Morgan fingerprint density at radius 3 is 2.79 bits per heavy atom. The average molecular weight is 400 g/mol. The Morgan fingerprint density at radius 2 is 2.14 bits per heavy atom. The van der Waals surface area contributed by atoms with Gasteiger partial charge in [-0.15, -0.1) is 10.2 Å². The molecule has 0 aliphatic heterocycles. The van der Waals surface area contributed by atoms with Crippen LogP contribution in [-0.2, 0) is 16.6 Å². The van der Waals surface area contributed by atoms with Crippen molar-refractivity contribution in [2.45, 2.75) is 17.0 Å². The maximum Gasteiger partial charge on any atom is 0.330 e. The fourth-order valence-corrected chi connectivity index (χ4v) is 3.33. The van der Waals surface area contributed by atoms with Crippen molar-refractivity contribution >= 4 is 29.5 Å². The minimum Gasteiger partial charge on any atom is -0.469 e. The number of nitro benzene ring substituents is 1. The summed E-state index contributed by atoms with van der Waals surface area (Å²) >= 11 is 1.13. The molecule has 0 amide bonds.